The number of guanidine groups is 1. The molecule has 19 heavy (non-hydrogen) atoms. The highest BCUT2D eigenvalue weighted by Gasteiger charge is 2.03. The summed E-state index contributed by atoms with van der Waals surface area (Å²) >= 11 is 1.58. The van der Waals surface area contributed by atoms with Crippen molar-refractivity contribution >= 4 is 23.0 Å². The van der Waals surface area contributed by atoms with Crippen LogP contribution in [0.5, 0.6) is 5.75 Å². The summed E-state index contributed by atoms with van der Waals surface area (Å²) in [5, 5.41) is 3.03. The maximum Gasteiger partial charge on any atom is 0.193 e. The summed E-state index contributed by atoms with van der Waals surface area (Å²) in [7, 11) is 1.62. The minimum atomic E-state index is 0.359. The van der Waals surface area contributed by atoms with Crippen LogP contribution in [0.4, 0.5) is 5.69 Å². The van der Waals surface area contributed by atoms with Crippen LogP contribution >= 0.6 is 11.3 Å². The molecule has 2 aromatic rings. The van der Waals surface area contributed by atoms with E-state index in [1.165, 1.54) is 0 Å². The van der Waals surface area contributed by atoms with Crippen LogP contribution < -0.4 is 15.8 Å². The fraction of sp³-hybridized carbons (Fsp3) is 0.231. The van der Waals surface area contributed by atoms with Crippen LogP contribution in [-0.4, -0.2) is 18.1 Å². The maximum atomic E-state index is 5.86. The molecule has 100 valence electrons. The van der Waals surface area contributed by atoms with Crippen LogP contribution in [0.3, 0.4) is 0 Å². The van der Waals surface area contributed by atoms with Gasteiger partial charge in [-0.05, 0) is 19.1 Å². The molecule has 0 amide bonds. The summed E-state index contributed by atoms with van der Waals surface area (Å²) in [6.45, 7) is 2.50. The molecule has 1 aromatic carbocycles. The molecule has 0 radical (unpaired) electrons. The number of hydrogen-bond acceptors (Lipinski definition) is 4. The van der Waals surface area contributed by atoms with Gasteiger partial charge in [0.25, 0.3) is 0 Å². The Hall–Kier alpha value is -2.08. The van der Waals surface area contributed by atoms with E-state index in [-0.39, 0.29) is 0 Å². The van der Waals surface area contributed by atoms with Gasteiger partial charge in [-0.15, -0.1) is 11.3 Å². The zero-order valence-corrected chi connectivity index (χ0v) is 11.7. The number of hydrogen-bond donors (Lipinski definition) is 2. The van der Waals surface area contributed by atoms with Gasteiger partial charge in [-0.2, -0.15) is 0 Å². The summed E-state index contributed by atoms with van der Waals surface area (Å²) in [5.74, 6) is 1.09. The summed E-state index contributed by atoms with van der Waals surface area (Å²) in [6, 6.07) is 7.56. The molecule has 0 bridgehead atoms. The number of aromatic nitrogens is 1. The lowest BCUT2D eigenvalue weighted by Crippen LogP contribution is -2.22. The first-order valence-electron chi connectivity index (χ1n) is 5.79. The molecule has 1 aromatic heterocycles. The third kappa shape index (κ3) is 3.45. The second kappa shape index (κ2) is 6.19. The van der Waals surface area contributed by atoms with E-state index in [0.29, 0.717) is 12.5 Å². The average molecular weight is 276 g/mol. The highest BCUT2D eigenvalue weighted by Crippen LogP contribution is 2.22. The van der Waals surface area contributed by atoms with E-state index in [0.717, 1.165) is 22.0 Å². The number of methoxy groups -OCH3 is 1. The number of nitrogens with one attached hydrogen (secondary N) is 1. The number of nitrogens with zero attached hydrogens (tertiary/aromatic N) is 2. The quantitative estimate of drug-likeness (QED) is 0.664. The topological polar surface area (TPSA) is 72.5 Å². The van der Waals surface area contributed by atoms with Crippen LogP contribution in [0.25, 0.3) is 0 Å². The maximum absolute atomic E-state index is 5.86. The van der Waals surface area contributed by atoms with Gasteiger partial charge in [-0.1, -0.05) is 12.1 Å². The molecule has 0 aliphatic rings. The molecule has 1 heterocycles. The highest BCUT2D eigenvalue weighted by molar-refractivity contribution is 7.09. The van der Waals surface area contributed by atoms with Gasteiger partial charge < -0.3 is 15.8 Å². The number of thiazole rings is 1. The average Bonchev–Trinajstić information content (AvgIpc) is 2.82. The van der Waals surface area contributed by atoms with Gasteiger partial charge in [0.1, 0.15) is 5.75 Å². The van der Waals surface area contributed by atoms with Gasteiger partial charge in [0, 0.05) is 4.88 Å². The van der Waals surface area contributed by atoms with Crippen molar-refractivity contribution in [3.63, 3.8) is 0 Å². The minimum Gasteiger partial charge on any atom is -0.495 e. The standard InChI is InChI=1S/C13H16N4OS/c1-9-12(19-8-16-9)7-15-13(14)17-10-5-3-4-6-11(10)18-2/h3-6,8H,7H2,1-2H3,(H3,14,15,17). The number of para-hydroxylation sites is 2. The predicted molar refractivity (Wildman–Crippen MR) is 78.8 cm³/mol. The van der Waals surface area contributed by atoms with E-state index in [4.69, 9.17) is 10.5 Å². The van der Waals surface area contributed by atoms with Gasteiger partial charge in [0.05, 0.1) is 30.5 Å². The fourth-order valence-corrected chi connectivity index (χ4v) is 2.26. The van der Waals surface area contributed by atoms with Crippen molar-refractivity contribution in [1.29, 1.82) is 0 Å². The summed E-state index contributed by atoms with van der Waals surface area (Å²) < 4.78 is 5.23. The highest BCUT2D eigenvalue weighted by atomic mass is 32.1. The molecule has 0 atom stereocenters. The summed E-state index contributed by atoms with van der Waals surface area (Å²) in [5.41, 5.74) is 9.47. The normalized spacial score (nSPS) is 11.4. The number of aryl methyl sites for hydroxylation is 1. The molecule has 0 unspecified atom stereocenters. The molecule has 3 N–H and O–H groups in total. The zero-order chi connectivity index (χ0) is 13.7. The van der Waals surface area contributed by atoms with Crippen molar-refractivity contribution in [3.8, 4) is 5.75 Å². The third-order valence-electron chi connectivity index (χ3n) is 2.61. The molecule has 0 aliphatic carbocycles. The molecule has 0 saturated carbocycles. The lowest BCUT2D eigenvalue weighted by Gasteiger charge is -2.09. The molecular formula is C13H16N4OS. The summed E-state index contributed by atoms with van der Waals surface area (Å²) in [6.07, 6.45) is 0. The van der Waals surface area contributed by atoms with Gasteiger partial charge in [-0.3, -0.25) is 0 Å². The number of rotatable bonds is 4. The Bertz CT molecular complexity index is 580. The van der Waals surface area contributed by atoms with E-state index >= 15 is 0 Å². The molecule has 0 fully saturated rings. The molecule has 5 nitrogen and oxygen atoms in total. The third-order valence-corrected chi connectivity index (χ3v) is 3.53. The number of aliphatic imine (C=N–C) groups is 1. The molecule has 0 aliphatic heterocycles. The van der Waals surface area contributed by atoms with Crippen molar-refractivity contribution in [3.05, 3.63) is 40.3 Å². The van der Waals surface area contributed by atoms with E-state index in [1.807, 2.05) is 36.7 Å². The van der Waals surface area contributed by atoms with E-state index in [9.17, 15) is 0 Å². The summed E-state index contributed by atoms with van der Waals surface area (Å²) in [4.78, 5) is 9.59. The Balaban J connectivity index is 2.04. The Morgan fingerprint density at radius 2 is 2.26 bits per heavy atom. The molecule has 6 heteroatoms. The van der Waals surface area contributed by atoms with Crippen LogP contribution in [0.2, 0.25) is 0 Å². The zero-order valence-electron chi connectivity index (χ0n) is 10.9. The van der Waals surface area contributed by atoms with Gasteiger partial charge >= 0.3 is 0 Å². The van der Waals surface area contributed by atoms with Crippen LogP contribution in [0, 0.1) is 6.92 Å². The Morgan fingerprint density at radius 3 is 2.95 bits per heavy atom. The van der Waals surface area contributed by atoms with Crippen molar-refractivity contribution in [2.75, 3.05) is 12.4 Å². The van der Waals surface area contributed by atoms with E-state index in [1.54, 1.807) is 18.4 Å². The Morgan fingerprint density at radius 1 is 1.47 bits per heavy atom. The number of anilines is 1. The molecule has 0 saturated heterocycles. The predicted octanol–water partition coefficient (Wildman–Crippen LogP) is 2.39. The lowest BCUT2D eigenvalue weighted by atomic mass is 10.3. The van der Waals surface area contributed by atoms with Gasteiger partial charge in [0.2, 0.25) is 0 Å². The van der Waals surface area contributed by atoms with Crippen molar-refractivity contribution in [1.82, 2.24) is 4.98 Å². The van der Waals surface area contributed by atoms with Crippen molar-refractivity contribution < 1.29 is 4.74 Å². The molecular weight excluding hydrogens is 260 g/mol. The Kier molecular flexibility index (Phi) is 4.35. The van der Waals surface area contributed by atoms with E-state index in [2.05, 4.69) is 15.3 Å². The molecule has 0 spiro atoms. The lowest BCUT2D eigenvalue weighted by molar-refractivity contribution is 0.417. The fourth-order valence-electron chi connectivity index (χ4n) is 1.56. The second-order valence-electron chi connectivity index (χ2n) is 3.89. The number of nitrogens with two attached hydrogens (primary N) is 1. The first-order chi connectivity index (χ1) is 9.20. The van der Waals surface area contributed by atoms with Crippen LogP contribution in [0.15, 0.2) is 34.8 Å². The van der Waals surface area contributed by atoms with Crippen LogP contribution in [-0.2, 0) is 6.54 Å². The first kappa shape index (κ1) is 13.4. The SMILES string of the molecule is COc1ccccc1NC(N)=NCc1scnc1C. The first-order valence-corrected chi connectivity index (χ1v) is 6.67. The largest absolute Gasteiger partial charge is 0.495 e. The Labute approximate surface area is 116 Å². The van der Waals surface area contributed by atoms with Crippen molar-refractivity contribution in [2.45, 2.75) is 13.5 Å². The smallest absolute Gasteiger partial charge is 0.193 e. The van der Waals surface area contributed by atoms with Gasteiger partial charge in [-0.25, -0.2) is 9.98 Å². The van der Waals surface area contributed by atoms with Gasteiger partial charge in [0.15, 0.2) is 5.96 Å². The molecule has 2 rings (SSSR count). The minimum absolute atomic E-state index is 0.359. The van der Waals surface area contributed by atoms with Crippen molar-refractivity contribution in [2.24, 2.45) is 10.7 Å². The number of ether oxygens (including phenoxy) is 1. The number of benzene rings is 1. The van der Waals surface area contributed by atoms with Crippen LogP contribution in [0.1, 0.15) is 10.6 Å². The monoisotopic (exact) mass is 276 g/mol. The second-order valence-corrected chi connectivity index (χ2v) is 4.83. The van der Waals surface area contributed by atoms with E-state index < -0.39 is 0 Å².